The third kappa shape index (κ3) is 6.01. The molecule has 2 amide bonds. The molecule has 0 saturated carbocycles. The van der Waals surface area contributed by atoms with Crippen LogP contribution in [-0.4, -0.2) is 74.7 Å². The van der Waals surface area contributed by atoms with Crippen LogP contribution in [0.5, 0.6) is 5.75 Å². The van der Waals surface area contributed by atoms with E-state index in [1.165, 1.54) is 11.1 Å². The van der Waals surface area contributed by atoms with Crippen LogP contribution in [0, 0.1) is 19.8 Å². The fourth-order valence-electron chi connectivity index (χ4n) is 4.92. The lowest BCUT2D eigenvalue weighted by molar-refractivity contribution is -0.140. The van der Waals surface area contributed by atoms with Crippen molar-refractivity contribution in [3.8, 4) is 5.75 Å². The van der Waals surface area contributed by atoms with Crippen LogP contribution in [0.4, 0.5) is 0 Å². The van der Waals surface area contributed by atoms with Crippen LogP contribution >= 0.6 is 0 Å². The van der Waals surface area contributed by atoms with Gasteiger partial charge in [0, 0.05) is 46.4 Å². The van der Waals surface area contributed by atoms with Crippen molar-refractivity contribution in [1.82, 2.24) is 15.1 Å². The van der Waals surface area contributed by atoms with Gasteiger partial charge < -0.3 is 19.7 Å². The summed E-state index contributed by atoms with van der Waals surface area (Å²) in [5.74, 6) is 1.60. The maximum absolute atomic E-state index is 13.1. The van der Waals surface area contributed by atoms with Crippen molar-refractivity contribution < 1.29 is 19.1 Å². The number of nitrogens with zero attached hydrogens (tertiary/aromatic N) is 2. The number of carbonyl (C=O) groups excluding carboxylic acids is 2. The minimum Gasteiger partial charge on any atom is -0.496 e. The Morgan fingerprint density at radius 2 is 1.88 bits per heavy atom. The zero-order chi connectivity index (χ0) is 23.1. The highest BCUT2D eigenvalue weighted by Gasteiger charge is 2.34. The highest BCUT2D eigenvalue weighted by Crippen LogP contribution is 2.27. The Labute approximate surface area is 192 Å². The fourth-order valence-corrected chi connectivity index (χ4v) is 4.92. The molecule has 0 aromatic heterocycles. The predicted octanol–water partition coefficient (Wildman–Crippen LogP) is 2.67. The third-order valence-corrected chi connectivity index (χ3v) is 7.18. The molecule has 2 heterocycles. The van der Waals surface area contributed by atoms with Gasteiger partial charge in [-0.25, -0.2) is 0 Å². The molecule has 1 atom stereocenters. The second-order valence-corrected chi connectivity index (χ2v) is 9.12. The van der Waals surface area contributed by atoms with Gasteiger partial charge >= 0.3 is 0 Å². The smallest absolute Gasteiger partial charge is 0.237 e. The minimum absolute atomic E-state index is 0.0399. The molecule has 1 N–H and O–H groups in total. The average molecular weight is 446 g/mol. The molecule has 2 aliphatic heterocycles. The van der Waals surface area contributed by atoms with Crippen molar-refractivity contribution in [2.75, 3.05) is 47.0 Å². The number of likely N-dealkylation sites (tertiary alicyclic amines) is 1. The molecule has 32 heavy (non-hydrogen) atoms. The topological polar surface area (TPSA) is 71.1 Å². The molecule has 0 aliphatic carbocycles. The van der Waals surface area contributed by atoms with E-state index < -0.39 is 6.04 Å². The van der Waals surface area contributed by atoms with Crippen LogP contribution < -0.4 is 10.1 Å². The summed E-state index contributed by atoms with van der Waals surface area (Å²) < 4.78 is 10.6. The number of rotatable bonds is 9. The van der Waals surface area contributed by atoms with Gasteiger partial charge in [-0.3, -0.25) is 14.5 Å². The molecule has 0 bridgehead atoms. The Hall–Kier alpha value is -2.12. The van der Waals surface area contributed by atoms with E-state index in [1.807, 2.05) is 11.0 Å². The van der Waals surface area contributed by atoms with Crippen LogP contribution in [0.2, 0.25) is 0 Å². The van der Waals surface area contributed by atoms with Gasteiger partial charge in [-0.1, -0.05) is 6.07 Å². The van der Waals surface area contributed by atoms with E-state index in [0.29, 0.717) is 19.0 Å². The third-order valence-electron chi connectivity index (χ3n) is 7.18. The second kappa shape index (κ2) is 11.7. The van der Waals surface area contributed by atoms with Gasteiger partial charge in [0.2, 0.25) is 11.8 Å². The van der Waals surface area contributed by atoms with Gasteiger partial charge in [0.05, 0.1) is 19.6 Å². The highest BCUT2D eigenvalue weighted by molar-refractivity contribution is 5.88. The largest absolute Gasteiger partial charge is 0.496 e. The summed E-state index contributed by atoms with van der Waals surface area (Å²) >= 11 is 0. The van der Waals surface area contributed by atoms with Crippen molar-refractivity contribution in [3.05, 3.63) is 28.8 Å². The number of nitrogens with one attached hydrogen (secondary N) is 1. The van der Waals surface area contributed by atoms with Crippen molar-refractivity contribution in [1.29, 1.82) is 0 Å². The standard InChI is InChI=1S/C25H39N3O4/c1-18-19(2)23(32-4)8-7-21(18)17-28-14-11-26-25(30)22(28)16-24(29)27-12-9-20(10-13-27)6-5-15-31-3/h7-8,20,22H,5-6,9-17H2,1-4H3,(H,26,30)/t22-/m1/s1. The molecule has 2 saturated heterocycles. The quantitative estimate of drug-likeness (QED) is 0.592. The Bertz CT molecular complexity index is 790. The molecule has 0 unspecified atom stereocenters. The molecule has 3 rings (SSSR count). The Kier molecular flexibility index (Phi) is 8.93. The molecule has 1 aromatic rings. The normalized spacial score (nSPS) is 20.3. The number of methoxy groups -OCH3 is 2. The lowest BCUT2D eigenvalue weighted by Gasteiger charge is -2.37. The SMILES string of the molecule is COCCCC1CCN(C(=O)C[C@@H]2C(=O)NCCN2Cc2ccc(OC)c(C)c2C)CC1. The average Bonchev–Trinajstić information content (AvgIpc) is 2.80. The van der Waals surface area contributed by atoms with Gasteiger partial charge in [0.15, 0.2) is 0 Å². The Morgan fingerprint density at radius 3 is 2.56 bits per heavy atom. The van der Waals surface area contributed by atoms with E-state index >= 15 is 0 Å². The lowest BCUT2D eigenvalue weighted by Crippen LogP contribution is -2.56. The molecule has 7 nitrogen and oxygen atoms in total. The van der Waals surface area contributed by atoms with E-state index in [-0.39, 0.29) is 18.2 Å². The number of amides is 2. The summed E-state index contributed by atoms with van der Waals surface area (Å²) in [6, 6.07) is 3.64. The van der Waals surface area contributed by atoms with E-state index in [0.717, 1.165) is 63.2 Å². The van der Waals surface area contributed by atoms with Gasteiger partial charge in [0.1, 0.15) is 5.75 Å². The first-order chi connectivity index (χ1) is 15.4. The van der Waals surface area contributed by atoms with Crippen molar-refractivity contribution in [2.45, 2.75) is 58.5 Å². The van der Waals surface area contributed by atoms with Gasteiger partial charge in [-0.2, -0.15) is 0 Å². The van der Waals surface area contributed by atoms with E-state index in [2.05, 4.69) is 30.1 Å². The molecule has 178 valence electrons. The number of piperazine rings is 1. The summed E-state index contributed by atoms with van der Waals surface area (Å²) in [5, 5.41) is 2.95. The molecule has 2 fully saturated rings. The van der Waals surface area contributed by atoms with Gasteiger partial charge in [0.25, 0.3) is 0 Å². The zero-order valence-electron chi connectivity index (χ0n) is 20.1. The summed E-state index contributed by atoms with van der Waals surface area (Å²) in [6.07, 6.45) is 4.57. The van der Waals surface area contributed by atoms with Gasteiger partial charge in [-0.05, 0) is 68.2 Å². The summed E-state index contributed by atoms with van der Waals surface area (Å²) in [7, 11) is 3.42. The summed E-state index contributed by atoms with van der Waals surface area (Å²) in [4.78, 5) is 29.9. The van der Waals surface area contributed by atoms with E-state index in [9.17, 15) is 9.59 Å². The number of ether oxygens (including phenoxy) is 2. The Morgan fingerprint density at radius 1 is 1.12 bits per heavy atom. The molecule has 7 heteroatoms. The number of piperidine rings is 1. The van der Waals surface area contributed by atoms with Crippen molar-refractivity contribution in [3.63, 3.8) is 0 Å². The molecule has 1 aromatic carbocycles. The summed E-state index contributed by atoms with van der Waals surface area (Å²) in [5.41, 5.74) is 3.47. The molecule has 0 radical (unpaired) electrons. The number of hydrogen-bond acceptors (Lipinski definition) is 5. The maximum atomic E-state index is 13.1. The molecule has 0 spiro atoms. The monoisotopic (exact) mass is 445 g/mol. The zero-order valence-corrected chi connectivity index (χ0v) is 20.1. The van der Waals surface area contributed by atoms with E-state index in [1.54, 1.807) is 14.2 Å². The minimum atomic E-state index is -0.419. The van der Waals surface area contributed by atoms with Crippen molar-refractivity contribution in [2.24, 2.45) is 5.92 Å². The van der Waals surface area contributed by atoms with E-state index in [4.69, 9.17) is 9.47 Å². The Balaban J connectivity index is 1.60. The van der Waals surface area contributed by atoms with Crippen LogP contribution in [0.25, 0.3) is 0 Å². The van der Waals surface area contributed by atoms with Crippen LogP contribution in [0.3, 0.4) is 0 Å². The van der Waals surface area contributed by atoms with Crippen molar-refractivity contribution >= 4 is 11.8 Å². The molecular formula is C25H39N3O4. The first-order valence-corrected chi connectivity index (χ1v) is 11.9. The van der Waals surface area contributed by atoms with Gasteiger partial charge in [-0.15, -0.1) is 0 Å². The second-order valence-electron chi connectivity index (χ2n) is 9.12. The first kappa shape index (κ1) is 24.5. The maximum Gasteiger partial charge on any atom is 0.237 e. The number of benzene rings is 1. The summed E-state index contributed by atoms with van der Waals surface area (Å²) in [6.45, 7) is 8.56. The van der Waals surface area contributed by atoms with Crippen LogP contribution in [-0.2, 0) is 20.9 Å². The fraction of sp³-hybridized carbons (Fsp3) is 0.680. The first-order valence-electron chi connectivity index (χ1n) is 11.9. The lowest BCUT2D eigenvalue weighted by atomic mass is 9.92. The molecule has 2 aliphatic rings. The predicted molar refractivity (Wildman–Crippen MR) is 125 cm³/mol. The highest BCUT2D eigenvalue weighted by atomic mass is 16.5. The van der Waals surface area contributed by atoms with Crippen LogP contribution in [0.1, 0.15) is 48.8 Å². The number of hydrogen-bond donors (Lipinski definition) is 1. The molecular weight excluding hydrogens is 406 g/mol. The van der Waals surface area contributed by atoms with Crippen LogP contribution in [0.15, 0.2) is 12.1 Å². The number of carbonyl (C=O) groups is 2.